The van der Waals surface area contributed by atoms with Gasteiger partial charge in [-0.3, -0.25) is 9.59 Å². The molecule has 0 saturated heterocycles. The minimum absolute atomic E-state index is 0.226. The summed E-state index contributed by atoms with van der Waals surface area (Å²) in [6, 6.07) is 23.8. The second-order valence-electron chi connectivity index (χ2n) is 6.80. The highest BCUT2D eigenvalue weighted by molar-refractivity contribution is 6.04. The number of ether oxygens (including phenoxy) is 1. The molecule has 0 aliphatic heterocycles. The number of benzene rings is 3. The molecule has 0 spiro atoms. The van der Waals surface area contributed by atoms with Gasteiger partial charge in [0.05, 0.1) is 18.2 Å². The van der Waals surface area contributed by atoms with Crippen LogP contribution < -0.4 is 15.6 Å². The Morgan fingerprint density at radius 1 is 0.933 bits per heavy atom. The predicted octanol–water partition coefficient (Wildman–Crippen LogP) is 3.37. The van der Waals surface area contributed by atoms with Crippen molar-refractivity contribution in [2.24, 2.45) is 0 Å². The van der Waals surface area contributed by atoms with E-state index < -0.39 is 0 Å². The SMILES string of the molecule is COc1ccc(CCNC(=O)c2nn(-c3ccccc3)c(=O)c3ccccc23)cc1. The first-order chi connectivity index (χ1) is 14.7. The average molecular weight is 399 g/mol. The Balaban J connectivity index is 1.61. The number of aromatic nitrogens is 2. The Morgan fingerprint density at radius 3 is 2.30 bits per heavy atom. The molecule has 1 amide bonds. The van der Waals surface area contributed by atoms with Crippen molar-refractivity contribution in [2.45, 2.75) is 6.42 Å². The minimum atomic E-state index is -0.315. The van der Waals surface area contributed by atoms with Gasteiger partial charge in [0.1, 0.15) is 5.75 Å². The molecule has 6 heteroatoms. The van der Waals surface area contributed by atoms with Gasteiger partial charge in [0.25, 0.3) is 11.5 Å². The van der Waals surface area contributed by atoms with Gasteiger partial charge in [0.15, 0.2) is 5.69 Å². The Morgan fingerprint density at radius 2 is 1.60 bits per heavy atom. The van der Waals surface area contributed by atoms with Crippen LogP contribution in [0.1, 0.15) is 16.1 Å². The van der Waals surface area contributed by atoms with Gasteiger partial charge in [-0.25, -0.2) is 0 Å². The molecule has 1 aromatic heterocycles. The number of amides is 1. The fourth-order valence-electron chi connectivity index (χ4n) is 3.30. The van der Waals surface area contributed by atoms with Crippen molar-refractivity contribution in [3.05, 3.63) is 100 Å². The number of hydrogen-bond donors (Lipinski definition) is 1. The molecule has 0 unspecified atom stereocenters. The van der Waals surface area contributed by atoms with Crippen molar-refractivity contribution in [3.8, 4) is 11.4 Å². The molecule has 0 aliphatic rings. The van der Waals surface area contributed by atoms with Crippen LogP contribution in [0.3, 0.4) is 0 Å². The van der Waals surface area contributed by atoms with Gasteiger partial charge in [-0.2, -0.15) is 9.78 Å². The zero-order valence-corrected chi connectivity index (χ0v) is 16.5. The first-order valence-corrected chi connectivity index (χ1v) is 9.66. The molecule has 0 fully saturated rings. The van der Waals surface area contributed by atoms with Gasteiger partial charge >= 0.3 is 0 Å². The highest BCUT2D eigenvalue weighted by atomic mass is 16.5. The summed E-state index contributed by atoms with van der Waals surface area (Å²) in [7, 11) is 1.63. The van der Waals surface area contributed by atoms with Crippen LogP contribution >= 0.6 is 0 Å². The van der Waals surface area contributed by atoms with E-state index in [1.54, 1.807) is 43.5 Å². The first-order valence-electron chi connectivity index (χ1n) is 9.66. The Bertz CT molecular complexity index is 1230. The fourth-order valence-corrected chi connectivity index (χ4v) is 3.30. The van der Waals surface area contributed by atoms with E-state index in [-0.39, 0.29) is 17.2 Å². The molecular formula is C24H21N3O3. The number of nitrogens with one attached hydrogen (secondary N) is 1. The summed E-state index contributed by atoms with van der Waals surface area (Å²) in [5, 5.41) is 8.31. The molecule has 6 nitrogen and oxygen atoms in total. The molecule has 150 valence electrons. The second kappa shape index (κ2) is 8.61. The third-order valence-electron chi connectivity index (χ3n) is 4.88. The van der Waals surface area contributed by atoms with Gasteiger partial charge in [-0.1, -0.05) is 48.5 Å². The number of para-hydroxylation sites is 1. The summed E-state index contributed by atoms with van der Waals surface area (Å²) in [6.45, 7) is 0.450. The highest BCUT2D eigenvalue weighted by Gasteiger charge is 2.17. The molecule has 0 saturated carbocycles. The van der Waals surface area contributed by atoms with Gasteiger partial charge in [0, 0.05) is 11.9 Å². The van der Waals surface area contributed by atoms with Crippen LogP contribution in [0, 0.1) is 0 Å². The van der Waals surface area contributed by atoms with Crippen LogP contribution in [-0.2, 0) is 6.42 Å². The van der Waals surface area contributed by atoms with E-state index in [0.717, 1.165) is 11.3 Å². The zero-order chi connectivity index (χ0) is 20.9. The number of rotatable bonds is 6. The van der Waals surface area contributed by atoms with E-state index in [0.29, 0.717) is 29.4 Å². The lowest BCUT2D eigenvalue weighted by molar-refractivity contribution is 0.0949. The van der Waals surface area contributed by atoms with Gasteiger partial charge < -0.3 is 10.1 Å². The summed E-state index contributed by atoms with van der Waals surface area (Å²) in [6.07, 6.45) is 0.673. The minimum Gasteiger partial charge on any atom is -0.497 e. The maximum Gasteiger partial charge on any atom is 0.279 e. The summed E-state index contributed by atoms with van der Waals surface area (Å²) >= 11 is 0. The first kappa shape index (κ1) is 19.4. The molecule has 0 bridgehead atoms. The third kappa shape index (κ3) is 3.93. The summed E-state index contributed by atoms with van der Waals surface area (Å²) in [5.74, 6) is 0.478. The van der Waals surface area contributed by atoms with Crippen molar-refractivity contribution in [2.75, 3.05) is 13.7 Å². The van der Waals surface area contributed by atoms with Crippen LogP contribution in [-0.4, -0.2) is 29.3 Å². The van der Waals surface area contributed by atoms with Crippen LogP contribution in [0.15, 0.2) is 83.7 Å². The van der Waals surface area contributed by atoms with Gasteiger partial charge in [0.2, 0.25) is 0 Å². The molecule has 3 aromatic carbocycles. The highest BCUT2D eigenvalue weighted by Crippen LogP contribution is 2.15. The fraction of sp³-hybridized carbons (Fsp3) is 0.125. The maximum atomic E-state index is 12.9. The maximum absolute atomic E-state index is 12.9. The second-order valence-corrected chi connectivity index (χ2v) is 6.80. The lowest BCUT2D eigenvalue weighted by Gasteiger charge is -2.11. The molecule has 0 aliphatic carbocycles. The van der Waals surface area contributed by atoms with Crippen LogP contribution in [0.5, 0.6) is 5.75 Å². The summed E-state index contributed by atoms with van der Waals surface area (Å²) in [5.41, 5.74) is 1.67. The quantitative estimate of drug-likeness (QED) is 0.540. The molecule has 30 heavy (non-hydrogen) atoms. The summed E-state index contributed by atoms with van der Waals surface area (Å²) in [4.78, 5) is 25.8. The lowest BCUT2D eigenvalue weighted by Crippen LogP contribution is -2.31. The predicted molar refractivity (Wildman–Crippen MR) is 116 cm³/mol. The lowest BCUT2D eigenvalue weighted by atomic mass is 10.1. The molecule has 0 radical (unpaired) electrons. The number of methoxy groups -OCH3 is 1. The van der Waals surface area contributed by atoms with E-state index in [1.807, 2.05) is 42.5 Å². The normalized spacial score (nSPS) is 10.7. The number of nitrogens with zero attached hydrogens (tertiary/aromatic N) is 2. The van der Waals surface area contributed by atoms with Gasteiger partial charge in [-0.05, 0) is 42.3 Å². The third-order valence-corrected chi connectivity index (χ3v) is 4.88. The van der Waals surface area contributed by atoms with Crippen LogP contribution in [0.25, 0.3) is 16.5 Å². The van der Waals surface area contributed by atoms with Crippen molar-refractivity contribution >= 4 is 16.7 Å². The van der Waals surface area contributed by atoms with E-state index in [2.05, 4.69) is 10.4 Å². The Labute approximate surface area is 173 Å². The van der Waals surface area contributed by atoms with E-state index >= 15 is 0 Å². The number of hydrogen-bond acceptors (Lipinski definition) is 4. The van der Waals surface area contributed by atoms with Gasteiger partial charge in [-0.15, -0.1) is 0 Å². The van der Waals surface area contributed by atoms with Crippen molar-refractivity contribution < 1.29 is 9.53 Å². The number of fused-ring (bicyclic) bond motifs is 1. The van der Waals surface area contributed by atoms with Crippen LogP contribution in [0.4, 0.5) is 0 Å². The van der Waals surface area contributed by atoms with Crippen molar-refractivity contribution in [1.29, 1.82) is 0 Å². The zero-order valence-electron chi connectivity index (χ0n) is 16.5. The monoisotopic (exact) mass is 399 g/mol. The van der Waals surface area contributed by atoms with Crippen LogP contribution in [0.2, 0.25) is 0 Å². The van der Waals surface area contributed by atoms with E-state index in [1.165, 1.54) is 4.68 Å². The average Bonchev–Trinajstić information content (AvgIpc) is 2.80. The smallest absolute Gasteiger partial charge is 0.279 e. The van der Waals surface area contributed by atoms with Crippen molar-refractivity contribution in [1.82, 2.24) is 15.1 Å². The topological polar surface area (TPSA) is 73.2 Å². The molecule has 0 atom stereocenters. The largest absolute Gasteiger partial charge is 0.497 e. The molecular weight excluding hydrogens is 378 g/mol. The molecule has 1 heterocycles. The van der Waals surface area contributed by atoms with E-state index in [4.69, 9.17) is 4.74 Å². The summed E-state index contributed by atoms with van der Waals surface area (Å²) < 4.78 is 6.44. The number of carbonyl (C=O) groups is 1. The molecule has 4 aromatic rings. The Hall–Kier alpha value is -3.93. The molecule has 4 rings (SSSR count). The Kier molecular flexibility index (Phi) is 5.57. The van der Waals surface area contributed by atoms with Crippen molar-refractivity contribution in [3.63, 3.8) is 0 Å². The number of carbonyl (C=O) groups excluding carboxylic acids is 1. The molecule has 1 N–H and O–H groups in total. The standard InChI is InChI=1S/C24H21N3O3/c1-30-19-13-11-17(12-14-19)15-16-25-23(28)22-20-9-5-6-10-21(20)24(29)27(26-22)18-7-3-2-4-8-18/h2-14H,15-16H2,1H3,(H,25,28). The van der Waals surface area contributed by atoms with E-state index in [9.17, 15) is 9.59 Å².